The zero-order valence-corrected chi connectivity index (χ0v) is 17.5. The van der Waals surface area contributed by atoms with Crippen LogP contribution in [0.3, 0.4) is 0 Å². The monoisotopic (exact) mass is 408 g/mol. The lowest BCUT2D eigenvalue weighted by Crippen LogP contribution is -2.29. The van der Waals surface area contributed by atoms with Gasteiger partial charge in [-0.25, -0.2) is 4.57 Å². The summed E-state index contributed by atoms with van der Waals surface area (Å²) >= 11 is 0. The maximum absolute atomic E-state index is 12.8. The van der Waals surface area contributed by atoms with Gasteiger partial charge in [-0.05, 0) is 32.9 Å². The maximum Gasteiger partial charge on any atom is 0.312 e. The Kier molecular flexibility index (Phi) is 7.98. The van der Waals surface area contributed by atoms with Crippen molar-refractivity contribution in [2.75, 3.05) is 40.6 Å². The van der Waals surface area contributed by atoms with Crippen LogP contribution in [0.1, 0.15) is 20.8 Å². The van der Waals surface area contributed by atoms with E-state index in [9.17, 15) is 9.59 Å². The fourth-order valence-electron chi connectivity index (χ4n) is 2.34. The minimum absolute atomic E-state index is 0.0456. The number of carbonyl (C=O) groups excluding carboxylic acids is 1. The summed E-state index contributed by atoms with van der Waals surface area (Å²) in [7, 11) is 3.01. The third kappa shape index (κ3) is 6.16. The van der Waals surface area contributed by atoms with E-state index in [2.05, 4.69) is 4.98 Å². The SMILES string of the molecule is COCCOCCOc1ccc2c(=O)n(COC(=O)C(C)(C)C)c(OC)nc2c1. The molecule has 0 unspecified atom stereocenters. The summed E-state index contributed by atoms with van der Waals surface area (Å²) in [4.78, 5) is 29.2. The molecule has 2 aromatic rings. The Morgan fingerprint density at radius 3 is 2.48 bits per heavy atom. The summed E-state index contributed by atoms with van der Waals surface area (Å²) in [5, 5.41) is 0.362. The molecular weight excluding hydrogens is 380 g/mol. The number of methoxy groups -OCH3 is 2. The molecule has 0 atom stereocenters. The molecule has 0 radical (unpaired) electrons. The fraction of sp³-hybridized carbons (Fsp3) is 0.550. The molecule has 0 bridgehead atoms. The lowest BCUT2D eigenvalue weighted by molar-refractivity contribution is -0.157. The molecule has 0 saturated carbocycles. The third-order valence-corrected chi connectivity index (χ3v) is 3.94. The van der Waals surface area contributed by atoms with E-state index in [0.29, 0.717) is 43.1 Å². The molecule has 1 aromatic carbocycles. The van der Waals surface area contributed by atoms with Gasteiger partial charge in [0.15, 0.2) is 6.73 Å². The Balaban J connectivity index is 2.15. The van der Waals surface area contributed by atoms with Crippen LogP contribution in [0, 0.1) is 5.41 Å². The van der Waals surface area contributed by atoms with Gasteiger partial charge < -0.3 is 23.7 Å². The topological polar surface area (TPSA) is 98.1 Å². The Morgan fingerprint density at radius 2 is 1.83 bits per heavy atom. The molecule has 1 heterocycles. The van der Waals surface area contributed by atoms with Gasteiger partial charge in [0.1, 0.15) is 12.4 Å². The Labute approximate surface area is 169 Å². The van der Waals surface area contributed by atoms with E-state index in [1.807, 2.05) is 0 Å². The number of esters is 1. The highest BCUT2D eigenvalue weighted by Crippen LogP contribution is 2.20. The van der Waals surface area contributed by atoms with E-state index in [1.54, 1.807) is 46.1 Å². The number of hydrogen-bond acceptors (Lipinski definition) is 8. The normalized spacial score (nSPS) is 11.5. The number of fused-ring (bicyclic) bond motifs is 1. The van der Waals surface area contributed by atoms with Crippen molar-refractivity contribution in [2.24, 2.45) is 5.41 Å². The van der Waals surface area contributed by atoms with Gasteiger partial charge in [-0.3, -0.25) is 9.59 Å². The maximum atomic E-state index is 12.8. The van der Waals surface area contributed by atoms with Crippen LogP contribution in [0.25, 0.3) is 10.9 Å². The molecule has 1 aromatic heterocycles. The minimum Gasteiger partial charge on any atom is -0.491 e. The van der Waals surface area contributed by atoms with Crippen LogP contribution in [-0.2, 0) is 25.7 Å². The molecule has 0 aliphatic heterocycles. The molecule has 0 N–H and O–H groups in total. The van der Waals surface area contributed by atoms with Crippen molar-refractivity contribution < 1.29 is 28.5 Å². The lowest BCUT2D eigenvalue weighted by Gasteiger charge is -2.18. The van der Waals surface area contributed by atoms with Crippen LogP contribution >= 0.6 is 0 Å². The van der Waals surface area contributed by atoms with Crippen LogP contribution in [0.2, 0.25) is 0 Å². The van der Waals surface area contributed by atoms with Crippen molar-refractivity contribution in [3.05, 3.63) is 28.6 Å². The highest BCUT2D eigenvalue weighted by molar-refractivity contribution is 5.79. The molecule has 9 nitrogen and oxygen atoms in total. The van der Waals surface area contributed by atoms with Gasteiger partial charge in [0.05, 0.1) is 43.2 Å². The van der Waals surface area contributed by atoms with Crippen molar-refractivity contribution in [3.63, 3.8) is 0 Å². The van der Waals surface area contributed by atoms with E-state index < -0.39 is 11.4 Å². The molecule has 2 rings (SSSR count). The first-order chi connectivity index (χ1) is 13.8. The van der Waals surface area contributed by atoms with E-state index in [1.165, 1.54) is 11.7 Å². The summed E-state index contributed by atoms with van der Waals surface area (Å²) in [5.41, 5.74) is -0.633. The van der Waals surface area contributed by atoms with Crippen LogP contribution in [0.15, 0.2) is 23.0 Å². The van der Waals surface area contributed by atoms with Crippen molar-refractivity contribution in [2.45, 2.75) is 27.5 Å². The first-order valence-electron chi connectivity index (χ1n) is 9.23. The summed E-state index contributed by atoms with van der Waals surface area (Å²) in [6.45, 7) is 6.71. The third-order valence-electron chi connectivity index (χ3n) is 3.94. The molecule has 0 spiro atoms. The largest absolute Gasteiger partial charge is 0.491 e. The summed E-state index contributed by atoms with van der Waals surface area (Å²) in [5.74, 6) is 0.127. The van der Waals surface area contributed by atoms with Crippen molar-refractivity contribution in [1.29, 1.82) is 0 Å². The fourth-order valence-corrected chi connectivity index (χ4v) is 2.34. The predicted molar refractivity (Wildman–Crippen MR) is 106 cm³/mol. The molecule has 0 aliphatic carbocycles. The van der Waals surface area contributed by atoms with Crippen LogP contribution in [0.4, 0.5) is 0 Å². The second-order valence-electron chi connectivity index (χ2n) is 7.28. The molecule has 0 aliphatic rings. The van der Waals surface area contributed by atoms with Gasteiger partial charge in [0.2, 0.25) is 0 Å². The first-order valence-corrected chi connectivity index (χ1v) is 9.23. The molecule has 160 valence electrons. The zero-order valence-electron chi connectivity index (χ0n) is 17.5. The summed E-state index contributed by atoms with van der Waals surface area (Å²) in [6, 6.07) is 5.00. The van der Waals surface area contributed by atoms with Crippen LogP contribution in [0.5, 0.6) is 11.8 Å². The van der Waals surface area contributed by atoms with E-state index in [4.69, 9.17) is 23.7 Å². The predicted octanol–water partition coefficient (Wildman–Crippen LogP) is 1.99. The van der Waals surface area contributed by atoms with Gasteiger partial charge in [-0.1, -0.05) is 0 Å². The van der Waals surface area contributed by atoms with Crippen molar-refractivity contribution >= 4 is 16.9 Å². The molecular formula is C20H28N2O7. The molecule has 9 heteroatoms. The molecule has 0 saturated heterocycles. The first kappa shape index (κ1) is 22.6. The van der Waals surface area contributed by atoms with Gasteiger partial charge in [-0.2, -0.15) is 4.98 Å². The summed E-state index contributed by atoms with van der Waals surface area (Å²) in [6.07, 6.45) is 0. The number of aromatic nitrogens is 2. The van der Waals surface area contributed by atoms with Crippen molar-refractivity contribution in [1.82, 2.24) is 9.55 Å². The molecule has 0 amide bonds. The molecule has 0 fully saturated rings. The molecule has 29 heavy (non-hydrogen) atoms. The van der Waals surface area contributed by atoms with Crippen molar-refractivity contribution in [3.8, 4) is 11.8 Å². The van der Waals surface area contributed by atoms with Gasteiger partial charge >= 0.3 is 12.0 Å². The van der Waals surface area contributed by atoms with E-state index in [-0.39, 0.29) is 18.3 Å². The minimum atomic E-state index is -0.680. The van der Waals surface area contributed by atoms with Crippen LogP contribution in [-0.4, -0.2) is 56.2 Å². The second-order valence-corrected chi connectivity index (χ2v) is 7.28. The Morgan fingerprint density at radius 1 is 1.10 bits per heavy atom. The highest BCUT2D eigenvalue weighted by Gasteiger charge is 2.24. The number of carbonyl (C=O) groups is 1. The number of rotatable bonds is 10. The van der Waals surface area contributed by atoms with Gasteiger partial charge in [0.25, 0.3) is 5.56 Å². The van der Waals surface area contributed by atoms with Crippen LogP contribution < -0.4 is 15.0 Å². The number of nitrogens with zero attached hydrogens (tertiary/aromatic N) is 2. The standard InChI is InChI=1S/C20H28N2O7/c1-20(2,3)18(24)29-13-22-17(23)15-7-6-14(12-16(15)21-19(22)26-5)28-11-10-27-9-8-25-4/h6-7,12H,8-11,13H2,1-5H3. The van der Waals surface area contributed by atoms with Gasteiger partial charge in [-0.15, -0.1) is 0 Å². The average Bonchev–Trinajstić information content (AvgIpc) is 2.68. The summed E-state index contributed by atoms with van der Waals surface area (Å²) < 4.78 is 27.5. The smallest absolute Gasteiger partial charge is 0.312 e. The number of hydrogen-bond donors (Lipinski definition) is 0. The van der Waals surface area contributed by atoms with E-state index >= 15 is 0 Å². The van der Waals surface area contributed by atoms with E-state index in [0.717, 1.165) is 0 Å². The quantitative estimate of drug-likeness (QED) is 0.435. The van der Waals surface area contributed by atoms with Gasteiger partial charge in [0, 0.05) is 13.2 Å². The number of benzene rings is 1. The number of ether oxygens (including phenoxy) is 5. The second kappa shape index (κ2) is 10.2. The Hall–Kier alpha value is -2.65. The Bertz CT molecular complexity index is 887. The highest BCUT2D eigenvalue weighted by atomic mass is 16.6. The zero-order chi connectivity index (χ0) is 21.4. The lowest BCUT2D eigenvalue weighted by atomic mass is 9.98. The average molecular weight is 408 g/mol.